The van der Waals surface area contributed by atoms with Gasteiger partial charge in [-0.05, 0) is 52.7 Å². The number of halogens is 2. The Balaban J connectivity index is 2.33. The lowest BCUT2D eigenvalue weighted by atomic mass is 10.0. The zero-order valence-corrected chi connectivity index (χ0v) is 15.0. The van der Waals surface area contributed by atoms with E-state index in [9.17, 15) is 5.11 Å². The molecule has 0 saturated carbocycles. The van der Waals surface area contributed by atoms with Gasteiger partial charge in [0.15, 0.2) is 0 Å². The molecule has 0 spiro atoms. The minimum atomic E-state index is 0.00547. The van der Waals surface area contributed by atoms with Crippen LogP contribution in [-0.4, -0.2) is 12.2 Å². The van der Waals surface area contributed by atoms with Gasteiger partial charge in [-0.1, -0.05) is 22.9 Å². The average Bonchev–Trinajstić information content (AvgIpc) is 2.49. The first kappa shape index (κ1) is 16.2. The Kier molecular flexibility index (Phi) is 5.53. The Morgan fingerprint density at radius 2 is 1.95 bits per heavy atom. The third-order valence-electron chi connectivity index (χ3n) is 3.28. The first-order valence-electron chi connectivity index (χ1n) is 6.63. The summed E-state index contributed by atoms with van der Waals surface area (Å²) in [6.45, 7) is 2.08. The van der Waals surface area contributed by atoms with Crippen molar-refractivity contribution in [1.29, 1.82) is 0 Å². The number of phenolic OH excluding ortho intramolecular Hbond substituents is 1. The normalized spacial score (nSPS) is 12.0. The van der Waals surface area contributed by atoms with Crippen LogP contribution in [-0.2, 0) is 0 Å². The van der Waals surface area contributed by atoms with Gasteiger partial charge in [0.2, 0.25) is 0 Å². The van der Waals surface area contributed by atoms with E-state index in [1.165, 1.54) is 0 Å². The van der Waals surface area contributed by atoms with Gasteiger partial charge in [-0.15, -0.1) is 0 Å². The van der Waals surface area contributed by atoms with Gasteiger partial charge in [-0.3, -0.25) is 0 Å². The summed E-state index contributed by atoms with van der Waals surface area (Å²) in [4.78, 5) is 0. The summed E-state index contributed by atoms with van der Waals surface area (Å²) in [6.07, 6.45) is 0.841. The molecule has 1 atom stereocenters. The highest BCUT2D eigenvalue weighted by molar-refractivity contribution is 9.10. The van der Waals surface area contributed by atoms with E-state index in [2.05, 4.69) is 44.1 Å². The van der Waals surface area contributed by atoms with Crippen LogP contribution in [0.5, 0.6) is 11.5 Å². The molecule has 0 aliphatic rings. The van der Waals surface area contributed by atoms with Crippen LogP contribution in [0.25, 0.3) is 0 Å². The van der Waals surface area contributed by atoms with E-state index in [1.54, 1.807) is 13.2 Å². The van der Waals surface area contributed by atoms with Crippen molar-refractivity contribution < 1.29 is 9.84 Å². The van der Waals surface area contributed by atoms with Gasteiger partial charge in [0, 0.05) is 20.6 Å². The molecule has 1 unspecified atom stereocenters. The van der Waals surface area contributed by atoms with Gasteiger partial charge in [-0.2, -0.15) is 0 Å². The third-order valence-corrected chi connectivity index (χ3v) is 4.46. The molecule has 0 bridgehead atoms. The zero-order chi connectivity index (χ0) is 15.4. The third kappa shape index (κ3) is 3.92. The Hall–Kier alpha value is -1.20. The van der Waals surface area contributed by atoms with E-state index in [0.29, 0.717) is 0 Å². The Morgan fingerprint density at radius 3 is 2.62 bits per heavy atom. The smallest absolute Gasteiger partial charge is 0.121 e. The molecule has 112 valence electrons. The number of nitrogens with one attached hydrogen (secondary N) is 1. The van der Waals surface area contributed by atoms with Gasteiger partial charge < -0.3 is 15.2 Å². The molecule has 0 aliphatic heterocycles. The van der Waals surface area contributed by atoms with E-state index < -0.39 is 0 Å². The SMILES string of the molecule is CCC(Nc1cc(OC)ccc1Br)c1cc(Br)ccc1O. The number of hydrogen-bond donors (Lipinski definition) is 2. The lowest BCUT2D eigenvalue weighted by Gasteiger charge is -2.21. The number of anilines is 1. The summed E-state index contributed by atoms with van der Waals surface area (Å²) in [6, 6.07) is 11.2. The van der Waals surface area contributed by atoms with E-state index in [1.807, 2.05) is 30.3 Å². The first-order valence-corrected chi connectivity index (χ1v) is 8.22. The quantitative estimate of drug-likeness (QED) is 0.679. The summed E-state index contributed by atoms with van der Waals surface area (Å²) >= 11 is 6.98. The van der Waals surface area contributed by atoms with Crippen molar-refractivity contribution in [2.75, 3.05) is 12.4 Å². The van der Waals surface area contributed by atoms with Gasteiger partial charge in [0.25, 0.3) is 0 Å². The summed E-state index contributed by atoms with van der Waals surface area (Å²) in [5, 5.41) is 13.5. The predicted octanol–water partition coefficient (Wildman–Crippen LogP) is 5.49. The van der Waals surface area contributed by atoms with Gasteiger partial charge in [0.05, 0.1) is 18.8 Å². The maximum atomic E-state index is 10.1. The molecule has 2 N–H and O–H groups in total. The summed E-state index contributed by atoms with van der Waals surface area (Å²) in [5.74, 6) is 1.07. The van der Waals surface area contributed by atoms with Crippen molar-refractivity contribution in [1.82, 2.24) is 0 Å². The molecule has 5 heteroatoms. The van der Waals surface area contributed by atoms with Crippen LogP contribution in [0.3, 0.4) is 0 Å². The van der Waals surface area contributed by atoms with E-state index >= 15 is 0 Å². The standard InChI is InChI=1S/C16H17Br2NO2/c1-3-14(12-8-10(17)4-7-16(12)20)19-15-9-11(21-2)5-6-13(15)18/h4-9,14,19-20H,3H2,1-2H3. The number of phenols is 1. The van der Waals surface area contributed by atoms with Crippen molar-refractivity contribution in [3.63, 3.8) is 0 Å². The molecule has 0 heterocycles. The Bertz CT molecular complexity index is 632. The van der Waals surface area contributed by atoms with Crippen LogP contribution in [0.1, 0.15) is 24.9 Å². The highest BCUT2D eigenvalue weighted by Crippen LogP contribution is 2.35. The number of ether oxygens (including phenoxy) is 1. The fraction of sp³-hybridized carbons (Fsp3) is 0.250. The molecular weight excluding hydrogens is 398 g/mol. The predicted molar refractivity (Wildman–Crippen MR) is 93.2 cm³/mol. The van der Waals surface area contributed by atoms with E-state index in [0.717, 1.165) is 32.4 Å². The highest BCUT2D eigenvalue weighted by Gasteiger charge is 2.15. The number of rotatable bonds is 5. The molecule has 3 nitrogen and oxygen atoms in total. The average molecular weight is 415 g/mol. The van der Waals surface area contributed by atoms with Crippen molar-refractivity contribution >= 4 is 37.5 Å². The fourth-order valence-electron chi connectivity index (χ4n) is 2.13. The lowest BCUT2D eigenvalue weighted by Crippen LogP contribution is -2.10. The Morgan fingerprint density at radius 1 is 1.19 bits per heavy atom. The van der Waals surface area contributed by atoms with Crippen LogP contribution < -0.4 is 10.1 Å². The topological polar surface area (TPSA) is 41.5 Å². The fourth-order valence-corrected chi connectivity index (χ4v) is 2.87. The zero-order valence-electron chi connectivity index (χ0n) is 11.9. The van der Waals surface area contributed by atoms with Crippen LogP contribution in [0.15, 0.2) is 45.3 Å². The van der Waals surface area contributed by atoms with Crippen LogP contribution in [0.4, 0.5) is 5.69 Å². The van der Waals surface area contributed by atoms with Gasteiger partial charge in [-0.25, -0.2) is 0 Å². The number of methoxy groups -OCH3 is 1. The van der Waals surface area contributed by atoms with E-state index in [4.69, 9.17) is 4.74 Å². The summed E-state index contributed by atoms with van der Waals surface area (Å²) in [5.41, 5.74) is 1.79. The number of aromatic hydroxyl groups is 1. The summed E-state index contributed by atoms with van der Waals surface area (Å²) < 4.78 is 7.16. The monoisotopic (exact) mass is 413 g/mol. The maximum absolute atomic E-state index is 10.1. The molecule has 2 aromatic carbocycles. The van der Waals surface area contributed by atoms with Crippen molar-refractivity contribution in [3.05, 3.63) is 50.9 Å². The maximum Gasteiger partial charge on any atom is 0.121 e. The van der Waals surface area contributed by atoms with Gasteiger partial charge in [0.1, 0.15) is 11.5 Å². The van der Waals surface area contributed by atoms with E-state index in [-0.39, 0.29) is 11.8 Å². The molecular formula is C16H17Br2NO2. The molecule has 21 heavy (non-hydrogen) atoms. The molecule has 0 amide bonds. The summed E-state index contributed by atoms with van der Waals surface area (Å²) in [7, 11) is 1.64. The van der Waals surface area contributed by atoms with Crippen LogP contribution in [0.2, 0.25) is 0 Å². The minimum absolute atomic E-state index is 0.00547. The molecule has 0 aromatic heterocycles. The largest absolute Gasteiger partial charge is 0.508 e. The first-order chi connectivity index (χ1) is 10.0. The molecule has 2 rings (SSSR count). The second kappa shape index (κ2) is 7.18. The van der Waals surface area contributed by atoms with Crippen molar-refractivity contribution in [2.24, 2.45) is 0 Å². The molecule has 2 aromatic rings. The van der Waals surface area contributed by atoms with Gasteiger partial charge >= 0.3 is 0 Å². The van der Waals surface area contributed by atoms with Crippen LogP contribution in [0, 0.1) is 0 Å². The molecule has 0 radical (unpaired) electrons. The Labute approximate surface area is 141 Å². The minimum Gasteiger partial charge on any atom is -0.508 e. The van der Waals surface area contributed by atoms with Crippen molar-refractivity contribution in [2.45, 2.75) is 19.4 Å². The molecule has 0 aliphatic carbocycles. The number of benzene rings is 2. The lowest BCUT2D eigenvalue weighted by molar-refractivity contribution is 0.415. The molecule has 0 fully saturated rings. The number of hydrogen-bond acceptors (Lipinski definition) is 3. The second-order valence-electron chi connectivity index (χ2n) is 4.65. The second-order valence-corrected chi connectivity index (χ2v) is 6.42. The van der Waals surface area contributed by atoms with Crippen molar-refractivity contribution in [3.8, 4) is 11.5 Å². The van der Waals surface area contributed by atoms with Crippen LogP contribution >= 0.6 is 31.9 Å². The molecule has 0 saturated heterocycles. The highest BCUT2D eigenvalue weighted by atomic mass is 79.9.